The monoisotopic (exact) mass is 472 g/mol. The molecule has 1 heterocycles. The Morgan fingerprint density at radius 3 is 2.29 bits per heavy atom. The van der Waals surface area contributed by atoms with Crippen molar-refractivity contribution < 1.29 is 32.6 Å². The summed E-state index contributed by atoms with van der Waals surface area (Å²) in [7, 11) is 1.36. The summed E-state index contributed by atoms with van der Waals surface area (Å²) in [5.41, 5.74) is 1.27. The Labute approximate surface area is 194 Å². The number of alkyl halides is 3. The van der Waals surface area contributed by atoms with E-state index in [2.05, 4.69) is 4.98 Å². The predicted octanol–water partition coefficient (Wildman–Crippen LogP) is 4.95. The Bertz CT molecular complexity index is 1180. The molecule has 3 rings (SSSR count). The molecule has 3 aromatic rings. The first-order chi connectivity index (χ1) is 16.1. The zero-order valence-corrected chi connectivity index (χ0v) is 18.6. The van der Waals surface area contributed by atoms with Crippen LogP contribution in [0.25, 0.3) is 11.1 Å². The fourth-order valence-electron chi connectivity index (χ4n) is 3.57. The molecule has 0 unspecified atom stereocenters. The Hall–Kier alpha value is -3.88. The van der Waals surface area contributed by atoms with Gasteiger partial charge in [0, 0.05) is 31.8 Å². The number of carbonyl (C=O) groups is 2. The van der Waals surface area contributed by atoms with E-state index in [9.17, 15) is 22.8 Å². The second-order valence-electron chi connectivity index (χ2n) is 7.70. The number of amides is 1. The molecule has 6 nitrogen and oxygen atoms in total. The van der Waals surface area contributed by atoms with E-state index in [-0.39, 0.29) is 36.9 Å². The lowest BCUT2D eigenvalue weighted by atomic mass is 9.96. The number of benzene rings is 2. The van der Waals surface area contributed by atoms with Gasteiger partial charge in [-0.2, -0.15) is 13.2 Å². The molecule has 1 amide bonds. The summed E-state index contributed by atoms with van der Waals surface area (Å²) in [5, 5.41) is 9.13. The van der Waals surface area contributed by atoms with Gasteiger partial charge < -0.3 is 14.7 Å². The number of hydrogen-bond acceptors (Lipinski definition) is 4. The zero-order chi connectivity index (χ0) is 24.9. The lowest BCUT2D eigenvalue weighted by molar-refractivity contribution is -0.138. The highest BCUT2D eigenvalue weighted by molar-refractivity contribution is 5.77. The molecule has 0 spiro atoms. The van der Waals surface area contributed by atoms with Crippen molar-refractivity contribution in [2.45, 2.75) is 32.6 Å². The molecule has 2 aromatic carbocycles. The molecule has 0 saturated heterocycles. The maximum atomic E-state index is 13.5. The third-order valence-corrected chi connectivity index (χ3v) is 5.20. The zero-order valence-electron chi connectivity index (χ0n) is 18.6. The molecule has 0 bridgehead atoms. The highest BCUT2D eigenvalue weighted by Crippen LogP contribution is 2.37. The molecule has 0 saturated carbocycles. The van der Waals surface area contributed by atoms with Crippen molar-refractivity contribution in [3.05, 3.63) is 83.0 Å². The SMILES string of the molecule is COc1ncc(CC(=O)O)cc1-c1ccc(C(F)(F)F)cc1CN(Cc1ccccc1)C(C)=O. The number of aromatic nitrogens is 1. The summed E-state index contributed by atoms with van der Waals surface area (Å²) in [6, 6.07) is 13.9. The third kappa shape index (κ3) is 6.12. The van der Waals surface area contributed by atoms with E-state index in [0.717, 1.165) is 17.7 Å². The number of hydrogen-bond donors (Lipinski definition) is 1. The summed E-state index contributed by atoms with van der Waals surface area (Å²) in [6.07, 6.45) is -3.55. The molecule has 0 atom stereocenters. The standard InChI is InChI=1S/C25H23F3N2O4/c1-16(31)30(14-17-6-4-3-5-7-17)15-19-12-20(25(26,27)28)8-9-21(19)22-10-18(11-23(32)33)13-29-24(22)34-2/h3-10,12-13H,11,14-15H2,1-2H3,(H,32,33). The number of carbonyl (C=O) groups excluding carboxylic acids is 1. The summed E-state index contributed by atoms with van der Waals surface area (Å²) in [6.45, 7) is 1.46. The molecular weight excluding hydrogens is 449 g/mol. The average Bonchev–Trinajstić information content (AvgIpc) is 2.78. The number of carboxylic acid groups (broad SMARTS) is 1. The molecule has 178 valence electrons. The minimum atomic E-state index is -4.58. The number of halogens is 3. The topological polar surface area (TPSA) is 79.7 Å². The van der Waals surface area contributed by atoms with Crippen LogP contribution in [-0.4, -0.2) is 34.0 Å². The van der Waals surface area contributed by atoms with Crippen LogP contribution in [0.1, 0.15) is 29.2 Å². The first-order valence-electron chi connectivity index (χ1n) is 10.3. The highest BCUT2D eigenvalue weighted by atomic mass is 19.4. The lowest BCUT2D eigenvalue weighted by Gasteiger charge is -2.24. The molecule has 0 aliphatic heterocycles. The second-order valence-corrected chi connectivity index (χ2v) is 7.70. The fourth-order valence-corrected chi connectivity index (χ4v) is 3.57. The summed E-state index contributed by atoms with van der Waals surface area (Å²) in [4.78, 5) is 29.1. The average molecular weight is 472 g/mol. The van der Waals surface area contributed by atoms with Crippen molar-refractivity contribution in [2.24, 2.45) is 0 Å². The van der Waals surface area contributed by atoms with Gasteiger partial charge in [0.05, 0.1) is 19.1 Å². The van der Waals surface area contributed by atoms with Crippen LogP contribution in [0.15, 0.2) is 60.8 Å². The highest BCUT2D eigenvalue weighted by Gasteiger charge is 2.31. The normalized spacial score (nSPS) is 11.2. The van der Waals surface area contributed by atoms with Gasteiger partial charge in [-0.05, 0) is 40.5 Å². The molecule has 1 aromatic heterocycles. The molecular formula is C25H23F3N2O4. The van der Waals surface area contributed by atoms with Crippen molar-refractivity contribution in [3.8, 4) is 17.0 Å². The first-order valence-corrected chi connectivity index (χ1v) is 10.3. The number of aliphatic carboxylic acids is 1. The summed E-state index contributed by atoms with van der Waals surface area (Å²) < 4.78 is 45.8. The molecule has 1 N–H and O–H groups in total. The number of ether oxygens (including phenoxy) is 1. The minimum Gasteiger partial charge on any atom is -0.481 e. The number of methoxy groups -OCH3 is 1. The largest absolute Gasteiger partial charge is 0.481 e. The third-order valence-electron chi connectivity index (χ3n) is 5.20. The Morgan fingerprint density at radius 2 is 1.71 bits per heavy atom. The Morgan fingerprint density at radius 1 is 1.00 bits per heavy atom. The van der Waals surface area contributed by atoms with Gasteiger partial charge in [0.1, 0.15) is 0 Å². The Kier molecular flexibility index (Phi) is 7.55. The fraction of sp³-hybridized carbons (Fsp3) is 0.240. The number of carboxylic acids is 1. The molecule has 0 radical (unpaired) electrons. The molecule has 0 aliphatic rings. The lowest BCUT2D eigenvalue weighted by Crippen LogP contribution is -2.28. The van der Waals surface area contributed by atoms with E-state index in [1.807, 2.05) is 30.3 Å². The quantitative estimate of drug-likeness (QED) is 0.502. The van der Waals surface area contributed by atoms with Crippen LogP contribution in [0.2, 0.25) is 0 Å². The first kappa shape index (κ1) is 24.8. The number of nitrogens with zero attached hydrogens (tertiary/aromatic N) is 2. The van der Waals surface area contributed by atoms with Crippen molar-refractivity contribution >= 4 is 11.9 Å². The molecule has 34 heavy (non-hydrogen) atoms. The smallest absolute Gasteiger partial charge is 0.416 e. The Balaban J connectivity index is 2.12. The van der Waals surface area contributed by atoms with Crippen LogP contribution < -0.4 is 4.74 Å². The van der Waals surface area contributed by atoms with Crippen LogP contribution in [0.5, 0.6) is 5.88 Å². The van der Waals surface area contributed by atoms with Gasteiger partial charge in [-0.15, -0.1) is 0 Å². The minimum absolute atomic E-state index is 0.101. The van der Waals surface area contributed by atoms with E-state index in [1.165, 1.54) is 37.3 Å². The maximum Gasteiger partial charge on any atom is 0.416 e. The van der Waals surface area contributed by atoms with Crippen LogP contribution in [-0.2, 0) is 35.3 Å². The maximum absolute atomic E-state index is 13.5. The van der Waals surface area contributed by atoms with Crippen LogP contribution in [0, 0.1) is 0 Å². The van der Waals surface area contributed by atoms with Gasteiger partial charge in [0.15, 0.2) is 0 Å². The van der Waals surface area contributed by atoms with Crippen LogP contribution in [0.3, 0.4) is 0 Å². The van der Waals surface area contributed by atoms with Crippen molar-refractivity contribution in [1.29, 1.82) is 0 Å². The molecule has 0 fully saturated rings. The van der Waals surface area contributed by atoms with E-state index in [1.54, 1.807) is 0 Å². The molecule has 0 aliphatic carbocycles. The van der Waals surface area contributed by atoms with E-state index in [0.29, 0.717) is 16.7 Å². The van der Waals surface area contributed by atoms with Gasteiger partial charge in [0.2, 0.25) is 11.8 Å². The second kappa shape index (κ2) is 10.4. The van der Waals surface area contributed by atoms with Crippen LogP contribution >= 0.6 is 0 Å². The van der Waals surface area contributed by atoms with Crippen molar-refractivity contribution in [2.75, 3.05) is 7.11 Å². The van der Waals surface area contributed by atoms with Crippen LogP contribution in [0.4, 0.5) is 13.2 Å². The predicted molar refractivity (Wildman–Crippen MR) is 119 cm³/mol. The number of pyridine rings is 1. The van der Waals surface area contributed by atoms with Crippen molar-refractivity contribution in [3.63, 3.8) is 0 Å². The van der Waals surface area contributed by atoms with Gasteiger partial charge in [-0.3, -0.25) is 9.59 Å². The summed E-state index contributed by atoms with van der Waals surface area (Å²) >= 11 is 0. The van der Waals surface area contributed by atoms with Gasteiger partial charge in [-0.25, -0.2) is 4.98 Å². The van der Waals surface area contributed by atoms with Gasteiger partial charge in [0.25, 0.3) is 0 Å². The van der Waals surface area contributed by atoms with Gasteiger partial charge >= 0.3 is 12.1 Å². The van der Waals surface area contributed by atoms with E-state index in [4.69, 9.17) is 9.84 Å². The summed E-state index contributed by atoms with van der Waals surface area (Å²) in [5.74, 6) is -1.25. The van der Waals surface area contributed by atoms with E-state index < -0.39 is 17.7 Å². The van der Waals surface area contributed by atoms with Gasteiger partial charge in [-0.1, -0.05) is 36.4 Å². The number of rotatable bonds is 8. The van der Waals surface area contributed by atoms with E-state index >= 15 is 0 Å². The molecule has 9 heteroatoms. The van der Waals surface area contributed by atoms with Crippen molar-refractivity contribution in [1.82, 2.24) is 9.88 Å².